The van der Waals surface area contributed by atoms with E-state index in [1.807, 2.05) is 5.32 Å². The zero-order valence-electron chi connectivity index (χ0n) is 12.7. The Labute approximate surface area is 157 Å². The summed E-state index contributed by atoms with van der Waals surface area (Å²) < 4.78 is 58.7. The van der Waals surface area contributed by atoms with Crippen molar-refractivity contribution < 1.29 is 27.2 Å². The number of non-ortho nitro benzene ring substituents is 1. The number of nitro benzene ring substituents is 1. The summed E-state index contributed by atoms with van der Waals surface area (Å²) >= 11 is 7.24. The van der Waals surface area contributed by atoms with Gasteiger partial charge in [-0.25, -0.2) is 17.6 Å². The fraction of sp³-hybridized carbons (Fsp3) is 0.0714. The Morgan fingerprint density at radius 1 is 1.15 bits per heavy atom. The highest BCUT2D eigenvalue weighted by Crippen LogP contribution is 2.32. The molecule has 12 heteroatoms. The summed E-state index contributed by atoms with van der Waals surface area (Å²) in [5.41, 5.74) is -1.28. The zero-order valence-corrected chi connectivity index (χ0v) is 15.1. The average Bonchev–Trinajstić information content (AvgIpc) is 2.62. The van der Waals surface area contributed by atoms with Crippen molar-refractivity contribution in [1.82, 2.24) is 0 Å². The Kier molecular flexibility index (Phi) is 5.97. The molecule has 0 atom stereocenters. The minimum atomic E-state index is -1.68. The molecule has 0 saturated carbocycles. The first kappa shape index (κ1) is 19.8. The van der Waals surface area contributed by atoms with Gasteiger partial charge in [0.15, 0.2) is 28.4 Å². The molecule has 2 rings (SSSR count). The summed E-state index contributed by atoms with van der Waals surface area (Å²) in [6, 6.07) is 3.46. The van der Waals surface area contributed by atoms with Crippen molar-refractivity contribution in [2.75, 3.05) is 17.7 Å². The SMILES string of the molecule is COc1cc([N+](=O)[O-])ccc1NC(=S)Nc1c(F)c(F)c(Br)c(F)c1F. The van der Waals surface area contributed by atoms with Gasteiger partial charge >= 0.3 is 0 Å². The summed E-state index contributed by atoms with van der Waals surface area (Å²) in [4.78, 5) is 10.1. The molecule has 0 spiro atoms. The Bertz CT molecular complexity index is 884. The highest BCUT2D eigenvalue weighted by atomic mass is 79.9. The second-order valence-corrected chi connectivity index (χ2v) is 5.87. The second kappa shape index (κ2) is 7.83. The first-order valence-electron chi connectivity index (χ1n) is 6.59. The fourth-order valence-corrected chi connectivity index (χ4v) is 2.44. The highest BCUT2D eigenvalue weighted by molar-refractivity contribution is 9.10. The molecule has 2 N–H and O–H groups in total. The Morgan fingerprint density at radius 3 is 2.23 bits per heavy atom. The molecule has 0 aromatic heterocycles. The van der Waals surface area contributed by atoms with E-state index in [2.05, 4.69) is 21.2 Å². The Morgan fingerprint density at radius 2 is 1.73 bits per heavy atom. The van der Waals surface area contributed by atoms with E-state index in [1.54, 1.807) is 0 Å². The van der Waals surface area contributed by atoms with Crippen molar-refractivity contribution in [3.8, 4) is 5.75 Å². The van der Waals surface area contributed by atoms with E-state index < -0.39 is 43.5 Å². The van der Waals surface area contributed by atoms with Crippen molar-refractivity contribution in [3.05, 3.63) is 56.1 Å². The van der Waals surface area contributed by atoms with Gasteiger partial charge in [0.25, 0.3) is 5.69 Å². The molecule has 0 bridgehead atoms. The van der Waals surface area contributed by atoms with Crippen LogP contribution in [0.25, 0.3) is 0 Å². The number of thiocarbonyl (C=S) groups is 1. The fourth-order valence-electron chi connectivity index (χ4n) is 1.88. The van der Waals surface area contributed by atoms with Crippen LogP contribution in [0.1, 0.15) is 0 Å². The van der Waals surface area contributed by atoms with Gasteiger partial charge in [0.2, 0.25) is 0 Å². The van der Waals surface area contributed by atoms with Crippen LogP contribution in [-0.2, 0) is 0 Å². The number of ether oxygens (including phenoxy) is 1. The standard InChI is InChI=1S/C14H8BrF4N3O3S/c1-25-7-4-5(22(23)24)2-3-6(7)20-14(26)21-13-11(18)9(16)8(15)10(17)12(13)19/h2-4H,1H3,(H2,20,21,26). The first-order chi connectivity index (χ1) is 12.2. The van der Waals surface area contributed by atoms with Crippen LogP contribution in [0.15, 0.2) is 22.7 Å². The Hall–Kier alpha value is -2.47. The molecule has 0 saturated heterocycles. The normalized spacial score (nSPS) is 10.4. The summed E-state index contributed by atoms with van der Waals surface area (Å²) in [5.74, 6) is -6.63. The van der Waals surface area contributed by atoms with Gasteiger partial charge in [0.05, 0.1) is 28.3 Å². The predicted octanol–water partition coefficient (Wildman–Crippen LogP) is 4.73. The molecule has 0 unspecified atom stereocenters. The lowest BCUT2D eigenvalue weighted by molar-refractivity contribution is -0.384. The number of anilines is 2. The second-order valence-electron chi connectivity index (χ2n) is 4.67. The molecule has 2 aromatic rings. The van der Waals surface area contributed by atoms with Gasteiger partial charge < -0.3 is 15.4 Å². The van der Waals surface area contributed by atoms with Crippen molar-refractivity contribution in [2.45, 2.75) is 0 Å². The monoisotopic (exact) mass is 453 g/mol. The summed E-state index contributed by atoms with van der Waals surface area (Å²) in [7, 11) is 1.24. The highest BCUT2D eigenvalue weighted by Gasteiger charge is 2.25. The molecule has 0 radical (unpaired) electrons. The lowest BCUT2D eigenvalue weighted by atomic mass is 10.2. The number of nitro groups is 1. The largest absolute Gasteiger partial charge is 0.494 e. The molecule has 0 aliphatic heterocycles. The number of methoxy groups -OCH3 is 1. The number of nitrogens with one attached hydrogen (secondary N) is 2. The minimum absolute atomic E-state index is 0.0115. The minimum Gasteiger partial charge on any atom is -0.494 e. The van der Waals surface area contributed by atoms with E-state index >= 15 is 0 Å². The van der Waals surface area contributed by atoms with E-state index in [9.17, 15) is 27.7 Å². The third-order valence-electron chi connectivity index (χ3n) is 3.09. The molecule has 2 aromatic carbocycles. The quantitative estimate of drug-likeness (QED) is 0.174. The van der Waals surface area contributed by atoms with Gasteiger partial charge in [0, 0.05) is 6.07 Å². The van der Waals surface area contributed by atoms with Crippen LogP contribution in [-0.4, -0.2) is 17.1 Å². The number of benzene rings is 2. The van der Waals surface area contributed by atoms with Gasteiger partial charge in [0.1, 0.15) is 11.4 Å². The van der Waals surface area contributed by atoms with E-state index in [0.717, 1.165) is 12.1 Å². The van der Waals surface area contributed by atoms with Gasteiger partial charge in [-0.1, -0.05) is 0 Å². The number of hydrogen-bond acceptors (Lipinski definition) is 4. The molecular formula is C14H8BrF4N3O3S. The number of rotatable bonds is 4. The summed E-state index contributed by atoms with van der Waals surface area (Å²) in [6.45, 7) is 0. The van der Waals surface area contributed by atoms with Gasteiger partial charge in [-0.2, -0.15) is 0 Å². The van der Waals surface area contributed by atoms with Gasteiger partial charge in [-0.3, -0.25) is 10.1 Å². The van der Waals surface area contributed by atoms with Crippen LogP contribution in [0, 0.1) is 33.4 Å². The summed E-state index contributed by atoms with van der Waals surface area (Å²) in [5, 5.41) is 14.8. The van der Waals surface area contributed by atoms with Gasteiger partial charge in [-0.15, -0.1) is 0 Å². The smallest absolute Gasteiger partial charge is 0.273 e. The van der Waals surface area contributed by atoms with Crippen LogP contribution in [0.3, 0.4) is 0 Å². The summed E-state index contributed by atoms with van der Waals surface area (Å²) in [6.07, 6.45) is 0. The van der Waals surface area contributed by atoms with Crippen molar-refractivity contribution in [2.24, 2.45) is 0 Å². The van der Waals surface area contributed by atoms with Crippen molar-refractivity contribution >= 4 is 50.3 Å². The molecule has 26 heavy (non-hydrogen) atoms. The van der Waals surface area contributed by atoms with Crippen LogP contribution in [0.4, 0.5) is 34.6 Å². The maximum atomic E-state index is 13.8. The zero-order chi connectivity index (χ0) is 19.6. The van der Waals surface area contributed by atoms with Crippen LogP contribution in [0.5, 0.6) is 5.75 Å². The van der Waals surface area contributed by atoms with Crippen LogP contribution in [0.2, 0.25) is 0 Å². The first-order valence-corrected chi connectivity index (χ1v) is 7.79. The van der Waals surface area contributed by atoms with Crippen LogP contribution >= 0.6 is 28.1 Å². The third-order valence-corrected chi connectivity index (χ3v) is 3.99. The lowest BCUT2D eigenvalue weighted by Crippen LogP contribution is -2.22. The van der Waals surface area contributed by atoms with E-state index in [4.69, 9.17) is 17.0 Å². The van der Waals surface area contributed by atoms with Gasteiger partial charge in [-0.05, 0) is 34.2 Å². The maximum Gasteiger partial charge on any atom is 0.273 e. The number of hydrogen-bond donors (Lipinski definition) is 2. The van der Waals surface area contributed by atoms with Crippen molar-refractivity contribution in [1.29, 1.82) is 0 Å². The van der Waals surface area contributed by atoms with Crippen LogP contribution < -0.4 is 15.4 Å². The molecule has 6 nitrogen and oxygen atoms in total. The molecule has 138 valence electrons. The Balaban J connectivity index is 2.29. The van der Waals surface area contributed by atoms with E-state index in [0.29, 0.717) is 0 Å². The maximum absolute atomic E-state index is 13.8. The number of halogens is 5. The predicted molar refractivity (Wildman–Crippen MR) is 93.5 cm³/mol. The van der Waals surface area contributed by atoms with E-state index in [1.165, 1.54) is 13.2 Å². The van der Waals surface area contributed by atoms with E-state index in [-0.39, 0.29) is 17.1 Å². The lowest BCUT2D eigenvalue weighted by Gasteiger charge is -2.15. The van der Waals surface area contributed by atoms with Crippen molar-refractivity contribution in [3.63, 3.8) is 0 Å². The molecule has 0 amide bonds. The molecule has 0 heterocycles. The third kappa shape index (κ3) is 3.85. The number of nitrogens with zero attached hydrogens (tertiary/aromatic N) is 1. The average molecular weight is 454 g/mol. The molecule has 0 aliphatic carbocycles. The molecule has 0 fully saturated rings. The molecule has 0 aliphatic rings. The topological polar surface area (TPSA) is 76.4 Å². The molecular weight excluding hydrogens is 446 g/mol.